The fourth-order valence-corrected chi connectivity index (χ4v) is 3.45. The summed E-state index contributed by atoms with van der Waals surface area (Å²) in [5.41, 5.74) is 1.05. The molecule has 0 saturated heterocycles. The maximum Gasteiger partial charge on any atom is 0.331 e. The summed E-state index contributed by atoms with van der Waals surface area (Å²) in [5, 5.41) is 2.66. The summed E-state index contributed by atoms with van der Waals surface area (Å²) in [6, 6.07) is 10.9. The Hall–Kier alpha value is -3.35. The van der Waals surface area contributed by atoms with Crippen molar-refractivity contribution < 1.29 is 28.2 Å². The van der Waals surface area contributed by atoms with Crippen molar-refractivity contribution in [3.8, 4) is 11.5 Å². The fraction of sp³-hybridized carbons (Fsp3) is 0.273. The van der Waals surface area contributed by atoms with Gasteiger partial charge in [0.05, 0.1) is 0 Å². The van der Waals surface area contributed by atoms with Crippen molar-refractivity contribution in [3.63, 3.8) is 0 Å². The van der Waals surface area contributed by atoms with Crippen LogP contribution in [0.25, 0.3) is 6.08 Å². The number of benzene rings is 2. The number of rotatable bonds is 5. The Morgan fingerprint density at radius 3 is 2.69 bits per heavy atom. The van der Waals surface area contributed by atoms with Gasteiger partial charge in [0.2, 0.25) is 0 Å². The number of fused-ring (bicyclic) bond motifs is 1. The molecular weight excluding hydrogens is 377 g/mol. The van der Waals surface area contributed by atoms with Gasteiger partial charge in [-0.3, -0.25) is 4.79 Å². The smallest absolute Gasteiger partial charge is 0.331 e. The number of amides is 1. The van der Waals surface area contributed by atoms with Gasteiger partial charge in [0, 0.05) is 30.7 Å². The van der Waals surface area contributed by atoms with E-state index in [1.807, 2.05) is 0 Å². The van der Waals surface area contributed by atoms with Crippen LogP contribution in [0.4, 0.5) is 10.1 Å². The van der Waals surface area contributed by atoms with Crippen LogP contribution >= 0.6 is 0 Å². The highest BCUT2D eigenvalue weighted by molar-refractivity contribution is 5.94. The predicted molar refractivity (Wildman–Crippen MR) is 104 cm³/mol. The van der Waals surface area contributed by atoms with Crippen molar-refractivity contribution in [1.82, 2.24) is 0 Å². The average Bonchev–Trinajstić information content (AvgIpc) is 3.30. The van der Waals surface area contributed by atoms with Crippen molar-refractivity contribution >= 4 is 23.6 Å². The van der Waals surface area contributed by atoms with Gasteiger partial charge in [-0.1, -0.05) is 12.1 Å². The van der Waals surface area contributed by atoms with Crippen molar-refractivity contribution in [1.29, 1.82) is 0 Å². The van der Waals surface area contributed by atoms with Gasteiger partial charge in [-0.2, -0.15) is 0 Å². The van der Waals surface area contributed by atoms with E-state index >= 15 is 0 Å². The lowest BCUT2D eigenvalue weighted by Crippen LogP contribution is -2.34. The molecule has 1 amide bonds. The minimum Gasteiger partial charge on any atom is -0.452 e. The number of hydrogen-bond donors (Lipinski definition) is 1. The highest BCUT2D eigenvalue weighted by atomic mass is 19.1. The molecule has 1 saturated carbocycles. The first-order chi connectivity index (χ1) is 14.0. The zero-order valence-electron chi connectivity index (χ0n) is 15.7. The molecule has 4 rings (SSSR count). The first-order valence-corrected chi connectivity index (χ1v) is 9.44. The van der Waals surface area contributed by atoms with Crippen molar-refractivity contribution in [2.75, 3.05) is 11.9 Å². The highest BCUT2D eigenvalue weighted by Crippen LogP contribution is 2.47. The summed E-state index contributed by atoms with van der Waals surface area (Å²) in [6.07, 6.45) is 6.39. The molecule has 0 radical (unpaired) electrons. The summed E-state index contributed by atoms with van der Waals surface area (Å²) in [4.78, 5) is 23.8. The van der Waals surface area contributed by atoms with E-state index in [9.17, 15) is 14.0 Å². The van der Waals surface area contributed by atoms with Crippen LogP contribution in [-0.2, 0) is 14.3 Å². The molecule has 2 aromatic carbocycles. The van der Waals surface area contributed by atoms with Gasteiger partial charge in [-0.15, -0.1) is 0 Å². The van der Waals surface area contributed by atoms with Crippen LogP contribution in [0.1, 0.15) is 31.2 Å². The number of nitrogens with one attached hydrogen (secondary N) is 1. The zero-order valence-corrected chi connectivity index (χ0v) is 15.7. The minimum atomic E-state index is -0.696. The van der Waals surface area contributed by atoms with E-state index in [0.29, 0.717) is 22.7 Å². The first kappa shape index (κ1) is 19.0. The number of carbonyl (C=O) groups excluding carboxylic acids is 2. The Balaban J connectivity index is 1.28. The van der Waals surface area contributed by atoms with Crippen molar-refractivity contribution in [3.05, 3.63) is 59.9 Å². The molecule has 0 aromatic heterocycles. The van der Waals surface area contributed by atoms with Gasteiger partial charge in [0.25, 0.3) is 11.7 Å². The molecule has 0 unspecified atom stereocenters. The topological polar surface area (TPSA) is 73.9 Å². The summed E-state index contributed by atoms with van der Waals surface area (Å²) >= 11 is 0. The summed E-state index contributed by atoms with van der Waals surface area (Å²) in [6.45, 7) is -0.440. The second kappa shape index (κ2) is 7.95. The molecule has 1 aliphatic heterocycles. The monoisotopic (exact) mass is 397 g/mol. The number of hydrogen-bond acceptors (Lipinski definition) is 5. The lowest BCUT2D eigenvalue weighted by molar-refractivity contribution is -0.142. The van der Waals surface area contributed by atoms with Gasteiger partial charge in [-0.25, -0.2) is 9.18 Å². The molecular formula is C22H20FNO5. The molecule has 1 N–H and O–H groups in total. The number of carbonyl (C=O) groups is 2. The second-order valence-electron chi connectivity index (χ2n) is 7.03. The van der Waals surface area contributed by atoms with E-state index in [1.165, 1.54) is 24.3 Å². The summed E-state index contributed by atoms with van der Waals surface area (Å²) in [5.74, 6) is -0.875. The third-order valence-corrected chi connectivity index (χ3v) is 4.79. The molecule has 1 fully saturated rings. The van der Waals surface area contributed by atoms with Crippen molar-refractivity contribution in [2.45, 2.75) is 31.5 Å². The van der Waals surface area contributed by atoms with Gasteiger partial charge in [0.15, 0.2) is 18.1 Å². The largest absolute Gasteiger partial charge is 0.452 e. The number of ether oxygens (including phenoxy) is 3. The third kappa shape index (κ3) is 4.56. The molecule has 0 atom stereocenters. The van der Waals surface area contributed by atoms with Crippen LogP contribution in [0.15, 0.2) is 48.5 Å². The average molecular weight is 397 g/mol. The first-order valence-electron chi connectivity index (χ1n) is 9.44. The Morgan fingerprint density at radius 2 is 1.90 bits per heavy atom. The molecule has 2 aliphatic rings. The van der Waals surface area contributed by atoms with Gasteiger partial charge >= 0.3 is 5.97 Å². The lowest BCUT2D eigenvalue weighted by atomic mass is 10.2. The Labute approximate surface area is 167 Å². The molecule has 1 heterocycles. The molecule has 29 heavy (non-hydrogen) atoms. The van der Waals surface area contributed by atoms with Gasteiger partial charge in [0.1, 0.15) is 5.82 Å². The van der Waals surface area contributed by atoms with E-state index in [-0.39, 0.29) is 0 Å². The van der Waals surface area contributed by atoms with E-state index in [1.54, 1.807) is 24.3 Å². The fourth-order valence-electron chi connectivity index (χ4n) is 3.45. The van der Waals surface area contributed by atoms with Gasteiger partial charge in [-0.05, 0) is 48.7 Å². The Morgan fingerprint density at radius 1 is 1.10 bits per heavy atom. The predicted octanol–water partition coefficient (Wildman–Crippen LogP) is 4.06. The highest BCUT2D eigenvalue weighted by Gasteiger charge is 2.44. The molecule has 1 aliphatic carbocycles. The quantitative estimate of drug-likeness (QED) is 0.608. The van der Waals surface area contributed by atoms with E-state index < -0.39 is 30.1 Å². The molecule has 6 nitrogen and oxygen atoms in total. The summed E-state index contributed by atoms with van der Waals surface area (Å²) < 4.78 is 29.9. The van der Waals surface area contributed by atoms with Gasteiger partial charge < -0.3 is 19.5 Å². The number of anilines is 1. The zero-order chi connectivity index (χ0) is 20.3. The summed E-state index contributed by atoms with van der Waals surface area (Å²) in [7, 11) is 0. The van der Waals surface area contributed by atoms with Crippen LogP contribution < -0.4 is 14.8 Å². The third-order valence-electron chi connectivity index (χ3n) is 4.79. The van der Waals surface area contributed by atoms with Crippen molar-refractivity contribution in [2.24, 2.45) is 0 Å². The second-order valence-corrected chi connectivity index (χ2v) is 7.03. The molecule has 2 aromatic rings. The SMILES string of the molecule is O=C(COC(=O)/C=C/c1cccc(F)c1)Nc1ccc2c(c1)OC1(CCCC1)O2. The standard InChI is InChI=1S/C22H20FNO5/c23-16-5-3-4-15(12-16)6-9-21(26)27-14-20(25)24-17-7-8-18-19(13-17)29-22(28-18)10-1-2-11-22/h3-9,12-13H,1-2,10-11,14H2,(H,24,25)/b9-6+. The van der Waals surface area contributed by atoms with E-state index in [4.69, 9.17) is 14.2 Å². The Kier molecular flexibility index (Phi) is 5.20. The minimum absolute atomic E-state index is 0.400. The Bertz CT molecular complexity index is 965. The number of esters is 1. The van der Waals surface area contributed by atoms with E-state index in [0.717, 1.165) is 31.8 Å². The normalized spacial score (nSPS) is 16.3. The molecule has 150 valence electrons. The van der Waals surface area contributed by atoms with Crippen LogP contribution in [0.5, 0.6) is 11.5 Å². The molecule has 7 heteroatoms. The molecule has 0 bridgehead atoms. The van der Waals surface area contributed by atoms with Crippen LogP contribution in [-0.4, -0.2) is 24.3 Å². The maximum absolute atomic E-state index is 13.1. The van der Waals surface area contributed by atoms with Crippen LogP contribution in [0, 0.1) is 5.82 Å². The maximum atomic E-state index is 13.1. The van der Waals surface area contributed by atoms with Crippen LogP contribution in [0.3, 0.4) is 0 Å². The number of halogens is 1. The van der Waals surface area contributed by atoms with Crippen LogP contribution in [0.2, 0.25) is 0 Å². The van der Waals surface area contributed by atoms with E-state index in [2.05, 4.69) is 5.32 Å². The lowest BCUT2D eigenvalue weighted by Gasteiger charge is -2.21. The molecule has 1 spiro atoms.